The summed E-state index contributed by atoms with van der Waals surface area (Å²) in [6.45, 7) is 5.36. The smallest absolute Gasteiger partial charge is 0.319 e. The van der Waals surface area contributed by atoms with Crippen molar-refractivity contribution in [2.45, 2.75) is 167 Å². The highest BCUT2D eigenvalue weighted by Crippen LogP contribution is 2.13. The first-order valence-electron chi connectivity index (χ1n) is 15.1. The van der Waals surface area contributed by atoms with Gasteiger partial charge in [-0.25, -0.2) is 0 Å². The maximum absolute atomic E-state index is 12.0. The molecule has 0 aromatic heterocycles. The number of rotatable bonds is 27. The van der Waals surface area contributed by atoms with Gasteiger partial charge in [-0.3, -0.25) is 9.59 Å². The number of carbonyl (C=O) groups is 2. The predicted octanol–water partition coefficient (Wildman–Crippen LogP) is 9.38. The lowest BCUT2D eigenvalue weighted by atomic mass is 10.1. The lowest BCUT2D eigenvalue weighted by Gasteiger charge is -2.11. The fourth-order valence-electron chi connectivity index (χ4n) is 4.29. The molecule has 0 fully saturated rings. The van der Waals surface area contributed by atoms with E-state index >= 15 is 0 Å². The van der Waals surface area contributed by atoms with Crippen LogP contribution in [0.4, 0.5) is 0 Å². The van der Waals surface area contributed by atoms with Crippen LogP contribution >= 0.6 is 12.6 Å². The van der Waals surface area contributed by atoms with Crippen LogP contribution in [0.3, 0.4) is 0 Å². The van der Waals surface area contributed by atoms with Gasteiger partial charge in [-0.1, -0.05) is 142 Å². The summed E-state index contributed by atoms with van der Waals surface area (Å²) in [5.74, 6) is -0.768. The molecule has 0 aromatic rings. The second-order valence-electron chi connectivity index (χ2n) is 10.2. The lowest BCUT2D eigenvalue weighted by molar-refractivity contribution is -0.149. The maximum atomic E-state index is 12.0. The summed E-state index contributed by atoms with van der Waals surface area (Å²) in [6, 6.07) is 0. The molecular formula is C30H58O4S. The molecule has 208 valence electrons. The second kappa shape index (κ2) is 27.9. The molecule has 35 heavy (non-hydrogen) atoms. The summed E-state index contributed by atoms with van der Waals surface area (Å²) in [4.78, 5) is 24.0. The van der Waals surface area contributed by atoms with Gasteiger partial charge in [-0.15, -0.1) is 0 Å². The largest absolute Gasteiger partial charge is 0.466 e. The molecule has 4 nitrogen and oxygen atoms in total. The molecule has 0 N–H and O–H groups in total. The quantitative estimate of drug-likeness (QED) is 0.0674. The van der Waals surface area contributed by atoms with Crippen molar-refractivity contribution >= 4 is 24.6 Å². The third-order valence-corrected chi connectivity index (χ3v) is 7.03. The predicted molar refractivity (Wildman–Crippen MR) is 152 cm³/mol. The number of hydrogen-bond acceptors (Lipinski definition) is 5. The van der Waals surface area contributed by atoms with Gasteiger partial charge in [0.2, 0.25) is 0 Å². The van der Waals surface area contributed by atoms with Crippen LogP contribution in [0.25, 0.3) is 0 Å². The summed E-state index contributed by atoms with van der Waals surface area (Å²) in [5.41, 5.74) is 0. The fraction of sp³-hybridized carbons (Fsp3) is 0.933. The third-order valence-electron chi connectivity index (χ3n) is 6.64. The van der Waals surface area contributed by atoms with E-state index in [9.17, 15) is 9.59 Å². The Balaban J connectivity index is 3.44. The molecule has 5 heteroatoms. The first kappa shape index (κ1) is 34.3. The van der Waals surface area contributed by atoms with Crippen LogP contribution in [-0.2, 0) is 19.1 Å². The van der Waals surface area contributed by atoms with Gasteiger partial charge in [0.25, 0.3) is 0 Å². The van der Waals surface area contributed by atoms with Crippen LogP contribution in [-0.4, -0.2) is 30.4 Å². The molecule has 0 saturated carbocycles. The molecule has 0 saturated heterocycles. The van der Waals surface area contributed by atoms with E-state index in [0.29, 0.717) is 13.2 Å². The van der Waals surface area contributed by atoms with Gasteiger partial charge >= 0.3 is 11.9 Å². The molecule has 0 aliphatic rings. The molecule has 1 unspecified atom stereocenters. The number of thiol groups is 1. The SMILES string of the molecule is CCCCCCCCCCCCCOC(=O)CC(S)C(=O)OCCCCCCCCCCCCC. The second-order valence-corrected chi connectivity index (χ2v) is 10.8. The number of ether oxygens (including phenoxy) is 2. The highest BCUT2D eigenvalue weighted by Gasteiger charge is 2.20. The summed E-state index contributed by atoms with van der Waals surface area (Å²) in [6.07, 6.45) is 27.8. The van der Waals surface area contributed by atoms with Crippen molar-refractivity contribution in [3.8, 4) is 0 Å². The van der Waals surface area contributed by atoms with Crippen molar-refractivity contribution in [1.29, 1.82) is 0 Å². The van der Waals surface area contributed by atoms with E-state index in [1.165, 1.54) is 116 Å². The van der Waals surface area contributed by atoms with Crippen molar-refractivity contribution in [2.24, 2.45) is 0 Å². The molecule has 0 amide bonds. The first-order chi connectivity index (χ1) is 17.1. The van der Waals surface area contributed by atoms with Crippen LogP contribution < -0.4 is 0 Å². The van der Waals surface area contributed by atoms with E-state index < -0.39 is 11.2 Å². The fourth-order valence-corrected chi connectivity index (χ4v) is 4.51. The Morgan fingerprint density at radius 1 is 0.514 bits per heavy atom. The van der Waals surface area contributed by atoms with E-state index in [1.807, 2.05) is 0 Å². The zero-order chi connectivity index (χ0) is 25.8. The third kappa shape index (κ3) is 26.2. The van der Waals surface area contributed by atoms with Gasteiger partial charge in [0, 0.05) is 0 Å². The monoisotopic (exact) mass is 514 g/mol. The Bertz CT molecular complexity index is 469. The van der Waals surface area contributed by atoms with Crippen LogP contribution in [0, 0.1) is 0 Å². The van der Waals surface area contributed by atoms with Crippen LogP contribution in [0.5, 0.6) is 0 Å². The van der Waals surface area contributed by atoms with Crippen molar-refractivity contribution < 1.29 is 19.1 Å². The minimum absolute atomic E-state index is 0.0156. The minimum atomic E-state index is -0.729. The lowest BCUT2D eigenvalue weighted by Crippen LogP contribution is -2.23. The Hall–Kier alpha value is -0.710. The molecule has 1 atom stereocenters. The standard InChI is InChI=1S/C30H58O4S/c1-3-5-7-9-11-13-15-17-19-21-23-25-33-29(31)27-28(35)30(32)34-26-24-22-20-18-16-14-12-10-8-6-4-2/h28,35H,3-27H2,1-2H3. The molecule has 0 aromatic carbocycles. The van der Waals surface area contributed by atoms with E-state index in [1.54, 1.807) is 0 Å². The Morgan fingerprint density at radius 2 is 0.829 bits per heavy atom. The maximum Gasteiger partial charge on any atom is 0.319 e. The van der Waals surface area contributed by atoms with E-state index in [2.05, 4.69) is 26.5 Å². The van der Waals surface area contributed by atoms with E-state index in [-0.39, 0.29) is 12.4 Å². The van der Waals surface area contributed by atoms with Gasteiger partial charge in [0.1, 0.15) is 5.25 Å². The number of carbonyl (C=O) groups excluding carboxylic acids is 2. The first-order valence-corrected chi connectivity index (χ1v) is 15.6. The molecule has 0 heterocycles. The molecule has 0 aliphatic carbocycles. The average molecular weight is 515 g/mol. The van der Waals surface area contributed by atoms with Gasteiger partial charge in [0.15, 0.2) is 0 Å². The topological polar surface area (TPSA) is 52.6 Å². The highest BCUT2D eigenvalue weighted by molar-refractivity contribution is 7.81. The zero-order valence-corrected chi connectivity index (χ0v) is 24.2. The molecule has 0 aliphatic heterocycles. The zero-order valence-electron chi connectivity index (χ0n) is 23.3. The number of unbranched alkanes of at least 4 members (excludes halogenated alkanes) is 20. The number of hydrogen-bond donors (Lipinski definition) is 1. The van der Waals surface area contributed by atoms with Crippen LogP contribution in [0.15, 0.2) is 0 Å². The summed E-state index contributed by atoms with van der Waals surface area (Å²) in [7, 11) is 0. The molecular weight excluding hydrogens is 456 g/mol. The highest BCUT2D eigenvalue weighted by atomic mass is 32.1. The van der Waals surface area contributed by atoms with E-state index in [4.69, 9.17) is 9.47 Å². The van der Waals surface area contributed by atoms with Crippen molar-refractivity contribution in [3.05, 3.63) is 0 Å². The molecule has 0 bridgehead atoms. The molecule has 0 rings (SSSR count). The summed E-state index contributed by atoms with van der Waals surface area (Å²) >= 11 is 4.24. The van der Waals surface area contributed by atoms with Crippen molar-refractivity contribution in [1.82, 2.24) is 0 Å². The van der Waals surface area contributed by atoms with Gasteiger partial charge < -0.3 is 9.47 Å². The molecule has 0 radical (unpaired) electrons. The van der Waals surface area contributed by atoms with Crippen LogP contribution in [0.1, 0.15) is 162 Å². The Kier molecular flexibility index (Phi) is 27.3. The average Bonchev–Trinajstić information content (AvgIpc) is 2.85. The number of esters is 2. The van der Waals surface area contributed by atoms with Crippen molar-refractivity contribution in [2.75, 3.05) is 13.2 Å². The van der Waals surface area contributed by atoms with Crippen LogP contribution in [0.2, 0.25) is 0 Å². The Morgan fingerprint density at radius 3 is 1.20 bits per heavy atom. The van der Waals surface area contributed by atoms with E-state index in [0.717, 1.165) is 25.7 Å². The molecule has 0 spiro atoms. The van der Waals surface area contributed by atoms with Crippen molar-refractivity contribution in [3.63, 3.8) is 0 Å². The summed E-state index contributed by atoms with van der Waals surface area (Å²) < 4.78 is 10.5. The normalized spacial score (nSPS) is 12.0. The Labute approximate surface area is 223 Å². The van der Waals surface area contributed by atoms with Gasteiger partial charge in [-0.2, -0.15) is 12.6 Å². The summed E-state index contributed by atoms with van der Waals surface area (Å²) in [5, 5.41) is -0.729. The van der Waals surface area contributed by atoms with Gasteiger partial charge in [0.05, 0.1) is 19.6 Å². The van der Waals surface area contributed by atoms with Gasteiger partial charge in [-0.05, 0) is 12.8 Å². The minimum Gasteiger partial charge on any atom is -0.466 e.